The van der Waals surface area contributed by atoms with E-state index in [1.54, 1.807) is 73.7 Å². The number of carbonyl (C=O) groups excluding carboxylic acids is 3. The van der Waals surface area contributed by atoms with Gasteiger partial charge in [-0.25, -0.2) is 9.78 Å². The number of anilines is 2. The number of hydrogen-bond donors (Lipinski definition) is 2. The minimum absolute atomic E-state index is 0.0146. The molecular weight excluding hydrogens is 564 g/mol. The average molecular weight is 593 g/mol. The van der Waals surface area contributed by atoms with Gasteiger partial charge in [-0.05, 0) is 86.6 Å². The number of rotatable bonds is 9. The molecular formula is C33H28N4O5S. The van der Waals surface area contributed by atoms with Gasteiger partial charge >= 0.3 is 5.97 Å². The first-order valence-electron chi connectivity index (χ1n) is 13.5. The molecule has 0 bridgehead atoms. The molecule has 1 aromatic heterocycles. The van der Waals surface area contributed by atoms with E-state index < -0.39 is 5.97 Å². The highest BCUT2D eigenvalue weighted by atomic mass is 32.2. The van der Waals surface area contributed by atoms with Gasteiger partial charge in [0.2, 0.25) is 5.91 Å². The molecule has 216 valence electrons. The van der Waals surface area contributed by atoms with Gasteiger partial charge in [-0.2, -0.15) is 0 Å². The molecule has 0 aliphatic carbocycles. The van der Waals surface area contributed by atoms with Gasteiger partial charge in [-0.15, -0.1) is 0 Å². The monoisotopic (exact) mass is 592 g/mol. The molecule has 2 amide bonds. The van der Waals surface area contributed by atoms with E-state index in [-0.39, 0.29) is 29.7 Å². The van der Waals surface area contributed by atoms with E-state index in [0.717, 1.165) is 17.3 Å². The first kappa shape index (κ1) is 29.3. The Morgan fingerprint density at radius 1 is 0.814 bits per heavy atom. The van der Waals surface area contributed by atoms with Crippen LogP contribution in [0, 0.1) is 6.92 Å². The van der Waals surface area contributed by atoms with Crippen molar-refractivity contribution < 1.29 is 19.1 Å². The van der Waals surface area contributed by atoms with E-state index in [4.69, 9.17) is 4.74 Å². The summed E-state index contributed by atoms with van der Waals surface area (Å²) in [6.45, 7) is 3.99. The summed E-state index contributed by atoms with van der Waals surface area (Å²) in [5, 5.41) is 6.50. The van der Waals surface area contributed by atoms with E-state index in [2.05, 4.69) is 15.6 Å². The fourth-order valence-electron chi connectivity index (χ4n) is 4.27. The van der Waals surface area contributed by atoms with Crippen LogP contribution in [0.3, 0.4) is 0 Å². The van der Waals surface area contributed by atoms with Gasteiger partial charge in [0.15, 0.2) is 5.16 Å². The number of aromatic nitrogens is 2. The Hall–Kier alpha value is -5.22. The fourth-order valence-corrected chi connectivity index (χ4v) is 5.08. The number of nitrogens with zero attached hydrogens (tertiary/aromatic N) is 2. The molecule has 0 fully saturated rings. The average Bonchev–Trinajstić information content (AvgIpc) is 3.01. The Labute approximate surface area is 251 Å². The lowest BCUT2D eigenvalue weighted by atomic mass is 10.1. The van der Waals surface area contributed by atoms with Crippen molar-refractivity contribution in [3.8, 4) is 5.69 Å². The van der Waals surface area contributed by atoms with E-state index >= 15 is 0 Å². The van der Waals surface area contributed by atoms with Gasteiger partial charge in [-0.1, -0.05) is 41.6 Å². The molecule has 5 rings (SSSR count). The van der Waals surface area contributed by atoms with Crippen molar-refractivity contribution in [2.24, 2.45) is 0 Å². The van der Waals surface area contributed by atoms with Gasteiger partial charge in [0, 0.05) is 16.9 Å². The van der Waals surface area contributed by atoms with E-state index in [0.29, 0.717) is 44.2 Å². The smallest absolute Gasteiger partial charge is 0.338 e. The van der Waals surface area contributed by atoms with Gasteiger partial charge in [0.05, 0.1) is 34.5 Å². The Bertz CT molecular complexity index is 1850. The van der Waals surface area contributed by atoms with Crippen LogP contribution in [-0.4, -0.2) is 39.7 Å². The quantitative estimate of drug-likeness (QED) is 0.125. The zero-order chi connectivity index (χ0) is 30.3. The van der Waals surface area contributed by atoms with Crippen molar-refractivity contribution in [2.45, 2.75) is 19.0 Å². The van der Waals surface area contributed by atoms with Gasteiger partial charge in [0.25, 0.3) is 11.5 Å². The zero-order valence-electron chi connectivity index (χ0n) is 23.5. The minimum atomic E-state index is -0.425. The van der Waals surface area contributed by atoms with Crippen LogP contribution in [0.15, 0.2) is 107 Å². The van der Waals surface area contributed by atoms with Crippen LogP contribution < -0.4 is 16.2 Å². The van der Waals surface area contributed by atoms with Crippen molar-refractivity contribution in [1.82, 2.24) is 9.55 Å². The Balaban J connectivity index is 1.23. The third kappa shape index (κ3) is 6.99. The summed E-state index contributed by atoms with van der Waals surface area (Å²) < 4.78 is 6.49. The number of esters is 1. The van der Waals surface area contributed by atoms with Crippen LogP contribution in [0.2, 0.25) is 0 Å². The Morgan fingerprint density at radius 3 is 2.12 bits per heavy atom. The minimum Gasteiger partial charge on any atom is -0.462 e. The van der Waals surface area contributed by atoms with Crippen LogP contribution in [0.5, 0.6) is 0 Å². The van der Waals surface area contributed by atoms with Crippen molar-refractivity contribution in [1.29, 1.82) is 0 Å². The molecule has 0 unspecified atom stereocenters. The molecule has 0 saturated heterocycles. The molecule has 10 heteroatoms. The summed E-state index contributed by atoms with van der Waals surface area (Å²) in [7, 11) is 0. The van der Waals surface area contributed by atoms with Crippen LogP contribution >= 0.6 is 11.8 Å². The van der Waals surface area contributed by atoms with E-state index in [1.165, 1.54) is 4.57 Å². The molecule has 0 aliphatic heterocycles. The first-order chi connectivity index (χ1) is 20.8. The highest BCUT2D eigenvalue weighted by molar-refractivity contribution is 7.99. The lowest BCUT2D eigenvalue weighted by Gasteiger charge is -2.13. The molecule has 0 atom stereocenters. The van der Waals surface area contributed by atoms with Gasteiger partial charge in [0.1, 0.15) is 0 Å². The summed E-state index contributed by atoms with van der Waals surface area (Å²) in [4.78, 5) is 55.4. The van der Waals surface area contributed by atoms with E-state index in [9.17, 15) is 19.2 Å². The molecule has 0 radical (unpaired) electrons. The number of aryl methyl sites for hydroxylation is 1. The standard InChI is InChI=1S/C33H28N4O5S/c1-3-42-32(41)23-12-16-25(17-13-23)35-30(39)22-10-14-24(15-11-22)34-29(38)20-43-33-36-28-7-5-4-6-27(28)31(40)37(33)26-18-8-21(2)9-19-26/h4-19H,3,20H2,1-2H3,(H,34,38)(H,35,39). The first-order valence-corrected chi connectivity index (χ1v) is 14.5. The molecule has 0 aliphatic rings. The molecule has 1 heterocycles. The number of amides is 2. The number of para-hydroxylation sites is 1. The van der Waals surface area contributed by atoms with Crippen LogP contribution in [0.1, 0.15) is 33.2 Å². The number of benzene rings is 4. The maximum absolute atomic E-state index is 13.4. The van der Waals surface area contributed by atoms with Crippen molar-refractivity contribution in [2.75, 3.05) is 23.0 Å². The lowest BCUT2D eigenvalue weighted by molar-refractivity contribution is -0.113. The number of ether oxygens (including phenoxy) is 1. The van der Waals surface area contributed by atoms with Gasteiger partial charge < -0.3 is 15.4 Å². The molecule has 4 aromatic carbocycles. The Kier molecular flexibility index (Phi) is 8.97. The second-order valence-electron chi connectivity index (χ2n) is 9.55. The topological polar surface area (TPSA) is 119 Å². The zero-order valence-corrected chi connectivity index (χ0v) is 24.3. The number of hydrogen-bond acceptors (Lipinski definition) is 7. The SMILES string of the molecule is CCOC(=O)c1ccc(NC(=O)c2ccc(NC(=O)CSc3nc4ccccc4c(=O)n3-c3ccc(C)cc3)cc2)cc1. The number of carbonyl (C=O) groups is 3. The molecule has 2 N–H and O–H groups in total. The predicted octanol–water partition coefficient (Wildman–Crippen LogP) is 5.85. The lowest BCUT2D eigenvalue weighted by Crippen LogP contribution is -2.23. The van der Waals surface area contributed by atoms with Gasteiger partial charge in [-0.3, -0.25) is 19.0 Å². The second-order valence-corrected chi connectivity index (χ2v) is 10.5. The largest absolute Gasteiger partial charge is 0.462 e. The molecule has 5 aromatic rings. The molecule has 9 nitrogen and oxygen atoms in total. The summed E-state index contributed by atoms with van der Waals surface area (Å²) >= 11 is 1.16. The number of thioether (sulfide) groups is 1. The van der Waals surface area contributed by atoms with Crippen LogP contribution in [-0.2, 0) is 9.53 Å². The van der Waals surface area contributed by atoms with E-state index in [1.807, 2.05) is 37.3 Å². The highest BCUT2D eigenvalue weighted by Crippen LogP contribution is 2.22. The summed E-state index contributed by atoms with van der Waals surface area (Å²) in [5.74, 6) is -1.04. The summed E-state index contributed by atoms with van der Waals surface area (Å²) in [6, 6.07) is 27.6. The van der Waals surface area contributed by atoms with Crippen molar-refractivity contribution in [3.05, 3.63) is 124 Å². The molecule has 0 spiro atoms. The maximum atomic E-state index is 13.4. The van der Waals surface area contributed by atoms with Crippen LogP contribution in [0.25, 0.3) is 16.6 Å². The predicted molar refractivity (Wildman–Crippen MR) is 168 cm³/mol. The number of fused-ring (bicyclic) bond motifs is 1. The van der Waals surface area contributed by atoms with Crippen LogP contribution in [0.4, 0.5) is 11.4 Å². The third-order valence-electron chi connectivity index (χ3n) is 6.45. The second kappa shape index (κ2) is 13.2. The highest BCUT2D eigenvalue weighted by Gasteiger charge is 2.15. The molecule has 43 heavy (non-hydrogen) atoms. The molecule has 0 saturated carbocycles. The maximum Gasteiger partial charge on any atom is 0.338 e. The van der Waals surface area contributed by atoms with Crippen molar-refractivity contribution in [3.63, 3.8) is 0 Å². The number of nitrogens with one attached hydrogen (secondary N) is 2. The Morgan fingerprint density at radius 2 is 1.44 bits per heavy atom. The summed E-state index contributed by atoms with van der Waals surface area (Å²) in [6.07, 6.45) is 0. The summed E-state index contributed by atoms with van der Waals surface area (Å²) in [5.41, 5.74) is 3.91. The third-order valence-corrected chi connectivity index (χ3v) is 7.39. The van der Waals surface area contributed by atoms with Crippen molar-refractivity contribution >= 4 is 51.8 Å². The fraction of sp³-hybridized carbons (Fsp3) is 0.121. The normalized spacial score (nSPS) is 10.7.